The molecule has 0 radical (unpaired) electrons. The Bertz CT molecular complexity index is 2010. The molecule has 0 atom stereocenters. The van der Waals surface area contributed by atoms with Gasteiger partial charge in [-0.05, 0) is 59.2 Å². The van der Waals surface area contributed by atoms with Crippen molar-refractivity contribution in [2.75, 3.05) is 13.3 Å². The van der Waals surface area contributed by atoms with Crippen molar-refractivity contribution in [3.8, 4) is 22.3 Å². The van der Waals surface area contributed by atoms with E-state index in [1.54, 1.807) is 0 Å². The third kappa shape index (κ3) is 3.58. The van der Waals surface area contributed by atoms with Gasteiger partial charge in [-0.1, -0.05) is 97.1 Å². The summed E-state index contributed by atoms with van der Waals surface area (Å²) >= 11 is 0. The van der Waals surface area contributed by atoms with E-state index in [-0.39, 0.29) is 0 Å². The first kappa shape index (κ1) is 22.0. The second kappa shape index (κ2) is 8.16. The van der Waals surface area contributed by atoms with Gasteiger partial charge in [0.1, 0.15) is 12.8 Å². The van der Waals surface area contributed by atoms with E-state index in [2.05, 4.69) is 101 Å². The lowest BCUT2D eigenvalue weighted by Crippen LogP contribution is -2.01. The van der Waals surface area contributed by atoms with Gasteiger partial charge in [-0.25, -0.2) is 4.98 Å². The molecule has 4 heteroatoms. The lowest BCUT2D eigenvalue weighted by Gasteiger charge is -2.12. The van der Waals surface area contributed by atoms with Gasteiger partial charge in [0, 0.05) is 16.1 Å². The van der Waals surface area contributed by atoms with E-state index in [1.807, 2.05) is 31.5 Å². The number of hydrogen-bond acceptors (Lipinski definition) is 2. The maximum atomic E-state index is 12.4. The van der Waals surface area contributed by atoms with Crippen LogP contribution in [0.1, 0.15) is 0 Å². The average Bonchev–Trinajstić information content (AvgIpc) is 3.33. The summed E-state index contributed by atoms with van der Waals surface area (Å²) in [5, 5.41) is 4.51. The summed E-state index contributed by atoms with van der Waals surface area (Å²) in [6, 6.07) is 40.4. The molecule has 5 aromatic carbocycles. The van der Waals surface area contributed by atoms with E-state index in [0.717, 1.165) is 44.0 Å². The summed E-state index contributed by atoms with van der Waals surface area (Å²) in [7, 11) is -2.25. The number of fused-ring (bicyclic) bond motifs is 8. The van der Waals surface area contributed by atoms with E-state index in [1.165, 1.54) is 21.9 Å². The minimum Gasteiger partial charge on any atom is -0.319 e. The Morgan fingerprint density at radius 1 is 0.568 bits per heavy atom. The predicted octanol–water partition coefficient (Wildman–Crippen LogP) is 8.38. The van der Waals surface area contributed by atoms with E-state index < -0.39 is 7.14 Å². The molecule has 7 aromatic rings. The monoisotopic (exact) mass is 496 g/mol. The third-order valence-electron chi connectivity index (χ3n) is 7.30. The number of pyridine rings is 1. The van der Waals surface area contributed by atoms with Crippen LogP contribution in [0, 0.1) is 0 Å². The number of imidazole rings is 1. The van der Waals surface area contributed by atoms with Gasteiger partial charge in [0.05, 0.1) is 16.6 Å². The van der Waals surface area contributed by atoms with Crippen LogP contribution in [0.15, 0.2) is 115 Å². The summed E-state index contributed by atoms with van der Waals surface area (Å²) in [4.78, 5) is 5.01. The SMILES string of the molecule is CP(C)(=O)c1ccc(-c2ccc(-c3ccc4c5ccccc5c5nc6ccccc6n5c4c3)cc2)cc1. The van der Waals surface area contributed by atoms with E-state index in [4.69, 9.17) is 4.98 Å². The van der Waals surface area contributed by atoms with Crippen molar-refractivity contribution in [3.05, 3.63) is 115 Å². The highest BCUT2D eigenvalue weighted by Crippen LogP contribution is 2.36. The molecule has 0 fully saturated rings. The van der Waals surface area contributed by atoms with Crippen molar-refractivity contribution in [3.63, 3.8) is 0 Å². The van der Waals surface area contributed by atoms with Crippen molar-refractivity contribution >= 4 is 50.8 Å². The van der Waals surface area contributed by atoms with Crippen molar-refractivity contribution in [1.82, 2.24) is 9.38 Å². The summed E-state index contributed by atoms with van der Waals surface area (Å²) in [6.45, 7) is 3.62. The van der Waals surface area contributed by atoms with Crippen LogP contribution in [0.3, 0.4) is 0 Å². The topological polar surface area (TPSA) is 34.4 Å². The molecule has 0 amide bonds. The highest BCUT2D eigenvalue weighted by molar-refractivity contribution is 7.70. The Morgan fingerprint density at radius 2 is 1.14 bits per heavy atom. The molecule has 0 bridgehead atoms. The van der Waals surface area contributed by atoms with Gasteiger partial charge in [0.15, 0.2) is 0 Å². The fraction of sp³-hybridized carbons (Fsp3) is 0.0606. The van der Waals surface area contributed by atoms with Crippen molar-refractivity contribution < 1.29 is 4.57 Å². The van der Waals surface area contributed by atoms with E-state index >= 15 is 0 Å². The van der Waals surface area contributed by atoms with Gasteiger partial charge in [0.2, 0.25) is 0 Å². The molecular formula is C33H25N2OP. The zero-order valence-corrected chi connectivity index (χ0v) is 21.6. The lowest BCUT2D eigenvalue weighted by atomic mass is 9.98. The molecule has 0 aliphatic carbocycles. The highest BCUT2D eigenvalue weighted by Gasteiger charge is 2.14. The average molecular weight is 497 g/mol. The lowest BCUT2D eigenvalue weighted by molar-refractivity contribution is 0.588. The zero-order valence-electron chi connectivity index (χ0n) is 20.7. The molecule has 2 aromatic heterocycles. The van der Waals surface area contributed by atoms with Gasteiger partial charge in [-0.2, -0.15) is 0 Å². The number of hydrogen-bond donors (Lipinski definition) is 0. The van der Waals surface area contributed by atoms with Gasteiger partial charge >= 0.3 is 0 Å². The molecule has 0 unspecified atom stereocenters. The minimum atomic E-state index is -2.25. The Labute approximate surface area is 215 Å². The Balaban J connectivity index is 1.38. The van der Waals surface area contributed by atoms with Gasteiger partial charge in [0.25, 0.3) is 0 Å². The number of aromatic nitrogens is 2. The molecule has 0 saturated heterocycles. The molecule has 3 nitrogen and oxygen atoms in total. The summed E-state index contributed by atoms with van der Waals surface area (Å²) in [6.07, 6.45) is 0. The van der Waals surface area contributed by atoms with Crippen LogP contribution < -0.4 is 5.30 Å². The van der Waals surface area contributed by atoms with Gasteiger partial charge < -0.3 is 4.57 Å². The molecule has 0 aliphatic heterocycles. The summed E-state index contributed by atoms with van der Waals surface area (Å²) in [5.74, 6) is 0. The van der Waals surface area contributed by atoms with Crippen molar-refractivity contribution in [2.45, 2.75) is 0 Å². The highest BCUT2D eigenvalue weighted by atomic mass is 31.2. The fourth-order valence-corrected chi connectivity index (χ4v) is 6.22. The van der Waals surface area contributed by atoms with Crippen LogP contribution in [0.2, 0.25) is 0 Å². The second-order valence-electron chi connectivity index (χ2n) is 10.0. The fourth-order valence-electron chi connectivity index (χ4n) is 5.36. The van der Waals surface area contributed by atoms with E-state index in [9.17, 15) is 4.57 Å². The van der Waals surface area contributed by atoms with Crippen LogP contribution in [0.4, 0.5) is 0 Å². The first-order chi connectivity index (χ1) is 18.0. The molecule has 0 aliphatic rings. The normalized spacial score (nSPS) is 12.2. The van der Waals surface area contributed by atoms with Crippen LogP contribution in [0.25, 0.3) is 60.6 Å². The smallest absolute Gasteiger partial charge is 0.146 e. The standard InChI is InChI=1S/C33H25N2OP/c1-37(2,36)26-18-15-23(16-19-26)22-11-13-24(14-12-22)25-17-20-28-27-7-3-4-8-29(27)33-34-30-9-5-6-10-31(30)35(33)32(28)21-25/h3-21H,1-2H3. The number of rotatable bonds is 3. The zero-order chi connectivity index (χ0) is 25.1. The first-order valence-electron chi connectivity index (χ1n) is 12.5. The van der Waals surface area contributed by atoms with Crippen molar-refractivity contribution in [2.24, 2.45) is 0 Å². The van der Waals surface area contributed by atoms with Gasteiger partial charge in [-0.3, -0.25) is 4.40 Å². The van der Waals surface area contributed by atoms with Crippen LogP contribution in [-0.2, 0) is 4.57 Å². The number of benzene rings is 5. The molecule has 37 heavy (non-hydrogen) atoms. The third-order valence-corrected chi connectivity index (χ3v) is 8.84. The molecule has 178 valence electrons. The second-order valence-corrected chi connectivity index (χ2v) is 13.2. The van der Waals surface area contributed by atoms with E-state index in [0.29, 0.717) is 0 Å². The quantitative estimate of drug-likeness (QED) is 0.182. The molecule has 0 saturated carbocycles. The molecule has 7 rings (SSSR count). The Hall–Kier alpha value is -4.20. The molecular weight excluding hydrogens is 471 g/mol. The number of para-hydroxylation sites is 2. The Kier molecular flexibility index (Phi) is 4.86. The van der Waals surface area contributed by atoms with Crippen molar-refractivity contribution in [1.29, 1.82) is 0 Å². The molecule has 0 N–H and O–H groups in total. The largest absolute Gasteiger partial charge is 0.319 e. The maximum absolute atomic E-state index is 12.4. The Morgan fingerprint density at radius 3 is 1.84 bits per heavy atom. The first-order valence-corrected chi connectivity index (χ1v) is 15.1. The predicted molar refractivity (Wildman–Crippen MR) is 158 cm³/mol. The molecule has 0 spiro atoms. The van der Waals surface area contributed by atoms with Crippen LogP contribution in [-0.4, -0.2) is 22.7 Å². The minimum absolute atomic E-state index is 0.912. The van der Waals surface area contributed by atoms with Crippen LogP contribution >= 0.6 is 7.14 Å². The summed E-state index contributed by atoms with van der Waals surface area (Å²) < 4.78 is 14.7. The van der Waals surface area contributed by atoms with Gasteiger partial charge in [-0.15, -0.1) is 0 Å². The van der Waals surface area contributed by atoms with Crippen LogP contribution in [0.5, 0.6) is 0 Å². The molecule has 2 heterocycles. The maximum Gasteiger partial charge on any atom is 0.146 e. The summed E-state index contributed by atoms with van der Waals surface area (Å²) in [5.41, 5.74) is 8.87. The number of nitrogens with zero attached hydrogens (tertiary/aromatic N) is 2.